The van der Waals surface area contributed by atoms with Crippen LogP contribution in [0.1, 0.15) is 31.9 Å². The molecule has 4 heteroatoms. The predicted molar refractivity (Wildman–Crippen MR) is 81.3 cm³/mol. The predicted octanol–water partition coefficient (Wildman–Crippen LogP) is 4.64. The van der Waals surface area contributed by atoms with E-state index in [1.807, 2.05) is 12.1 Å². The maximum Gasteiger partial charge on any atom is 0.125 e. The molecule has 0 spiro atoms. The van der Waals surface area contributed by atoms with Crippen LogP contribution in [0.4, 0.5) is 0 Å². The molecule has 0 aromatic heterocycles. The topological polar surface area (TPSA) is 21.3 Å². The van der Waals surface area contributed by atoms with E-state index in [1.165, 1.54) is 0 Å². The van der Waals surface area contributed by atoms with Crippen molar-refractivity contribution in [1.82, 2.24) is 5.32 Å². The molecule has 1 unspecified atom stereocenters. The fourth-order valence-electron chi connectivity index (χ4n) is 1.62. The van der Waals surface area contributed by atoms with E-state index in [0.717, 1.165) is 28.8 Å². The summed E-state index contributed by atoms with van der Waals surface area (Å²) in [5.74, 6) is 0.835. The average molecular weight is 333 g/mol. The van der Waals surface area contributed by atoms with Gasteiger partial charge in [0.15, 0.2) is 0 Å². The molecule has 0 amide bonds. The third-order valence-corrected chi connectivity index (χ3v) is 3.13. The fourth-order valence-corrected chi connectivity index (χ4v) is 2.01. The van der Waals surface area contributed by atoms with Gasteiger partial charge in [-0.1, -0.05) is 47.1 Å². The summed E-state index contributed by atoms with van der Waals surface area (Å²) in [4.78, 5) is 0. The van der Waals surface area contributed by atoms with Crippen LogP contribution >= 0.6 is 27.5 Å². The molecule has 0 saturated heterocycles. The largest absolute Gasteiger partial charge is 0.488 e. The van der Waals surface area contributed by atoms with Crippen LogP contribution in [0.25, 0.3) is 0 Å². The fraction of sp³-hybridized carbons (Fsp3) is 0.429. The van der Waals surface area contributed by atoms with E-state index < -0.39 is 0 Å². The van der Waals surface area contributed by atoms with Crippen molar-refractivity contribution in [1.29, 1.82) is 0 Å². The second kappa shape index (κ2) is 7.82. The van der Waals surface area contributed by atoms with Gasteiger partial charge in [-0.3, -0.25) is 0 Å². The lowest BCUT2D eigenvalue weighted by Gasteiger charge is -2.18. The molecule has 0 aliphatic heterocycles. The minimum absolute atomic E-state index is 0.247. The molecular formula is C14H19BrClNO. The lowest BCUT2D eigenvalue weighted by atomic mass is 10.1. The molecule has 0 saturated carbocycles. The Morgan fingerprint density at radius 1 is 1.56 bits per heavy atom. The Kier molecular flexibility index (Phi) is 6.76. The molecule has 1 atom stereocenters. The average Bonchev–Trinajstić information content (AvgIpc) is 2.33. The molecule has 0 heterocycles. The van der Waals surface area contributed by atoms with Crippen molar-refractivity contribution >= 4 is 27.5 Å². The maximum atomic E-state index is 5.74. The summed E-state index contributed by atoms with van der Waals surface area (Å²) in [6.45, 7) is 9.22. The van der Waals surface area contributed by atoms with Gasteiger partial charge in [-0.2, -0.15) is 0 Å². The number of halogens is 2. The molecular weight excluding hydrogens is 314 g/mol. The Labute approximate surface area is 122 Å². The monoisotopic (exact) mass is 331 g/mol. The third-order valence-electron chi connectivity index (χ3n) is 2.53. The Morgan fingerprint density at radius 2 is 2.28 bits per heavy atom. The highest BCUT2D eigenvalue weighted by molar-refractivity contribution is 9.10. The first-order valence-electron chi connectivity index (χ1n) is 6.03. The van der Waals surface area contributed by atoms with Gasteiger partial charge in [-0.05, 0) is 32.0 Å². The summed E-state index contributed by atoms with van der Waals surface area (Å²) in [5, 5.41) is 3.94. The highest BCUT2D eigenvalue weighted by Gasteiger charge is 2.11. The first-order valence-corrected chi connectivity index (χ1v) is 7.20. The van der Waals surface area contributed by atoms with E-state index in [-0.39, 0.29) is 6.04 Å². The number of benzene rings is 1. The van der Waals surface area contributed by atoms with Gasteiger partial charge in [0.25, 0.3) is 0 Å². The minimum atomic E-state index is 0.247. The van der Waals surface area contributed by atoms with Gasteiger partial charge < -0.3 is 10.1 Å². The van der Waals surface area contributed by atoms with Crippen LogP contribution in [0.15, 0.2) is 34.3 Å². The first kappa shape index (κ1) is 15.5. The molecule has 0 radical (unpaired) electrons. The van der Waals surface area contributed by atoms with Gasteiger partial charge >= 0.3 is 0 Å². The summed E-state index contributed by atoms with van der Waals surface area (Å²) < 4.78 is 6.67. The molecule has 0 fully saturated rings. The zero-order chi connectivity index (χ0) is 13.5. The Balaban J connectivity index is 2.84. The molecule has 1 N–H and O–H groups in total. The molecule has 1 rings (SSSR count). The van der Waals surface area contributed by atoms with Crippen LogP contribution < -0.4 is 10.1 Å². The highest BCUT2D eigenvalue weighted by Crippen LogP contribution is 2.29. The molecule has 100 valence electrons. The molecule has 18 heavy (non-hydrogen) atoms. The Morgan fingerprint density at radius 3 is 2.89 bits per heavy atom. The SMILES string of the molecule is C=C(Cl)COc1cc(Br)ccc1C(C)NCCC. The van der Waals surface area contributed by atoms with Crippen molar-refractivity contribution in [2.24, 2.45) is 0 Å². The van der Waals surface area contributed by atoms with Crippen molar-refractivity contribution in [3.8, 4) is 5.75 Å². The number of nitrogens with one attached hydrogen (secondary N) is 1. The van der Waals surface area contributed by atoms with Crippen LogP contribution in [0, 0.1) is 0 Å². The zero-order valence-electron chi connectivity index (χ0n) is 10.8. The van der Waals surface area contributed by atoms with Crippen molar-refractivity contribution in [3.63, 3.8) is 0 Å². The van der Waals surface area contributed by atoms with Gasteiger partial charge in [0.2, 0.25) is 0 Å². The second-order valence-electron chi connectivity index (χ2n) is 4.16. The lowest BCUT2D eigenvalue weighted by Crippen LogP contribution is -2.20. The van der Waals surface area contributed by atoms with Gasteiger partial charge in [-0.25, -0.2) is 0 Å². The lowest BCUT2D eigenvalue weighted by molar-refractivity contribution is 0.350. The zero-order valence-corrected chi connectivity index (χ0v) is 13.1. The number of hydrogen-bond acceptors (Lipinski definition) is 2. The number of hydrogen-bond donors (Lipinski definition) is 1. The molecule has 0 bridgehead atoms. The van der Waals surface area contributed by atoms with Crippen molar-refractivity contribution in [2.45, 2.75) is 26.3 Å². The van der Waals surface area contributed by atoms with E-state index in [4.69, 9.17) is 16.3 Å². The normalized spacial score (nSPS) is 12.2. The molecule has 1 aromatic carbocycles. The highest BCUT2D eigenvalue weighted by atomic mass is 79.9. The molecule has 0 aliphatic carbocycles. The van der Waals surface area contributed by atoms with Gasteiger partial charge in [0.1, 0.15) is 12.4 Å². The Bertz CT molecular complexity index is 409. The number of rotatable bonds is 7. The summed E-state index contributed by atoms with van der Waals surface area (Å²) in [6.07, 6.45) is 1.11. The van der Waals surface area contributed by atoms with Gasteiger partial charge in [0.05, 0.1) is 0 Å². The van der Waals surface area contributed by atoms with E-state index >= 15 is 0 Å². The summed E-state index contributed by atoms with van der Waals surface area (Å²) in [5.41, 5.74) is 1.13. The summed E-state index contributed by atoms with van der Waals surface area (Å²) in [7, 11) is 0. The third kappa shape index (κ3) is 5.01. The van der Waals surface area contributed by atoms with Gasteiger partial charge in [-0.15, -0.1) is 0 Å². The first-order chi connectivity index (χ1) is 8.54. The molecule has 1 aromatic rings. The van der Waals surface area contributed by atoms with Crippen molar-refractivity contribution < 1.29 is 4.74 Å². The van der Waals surface area contributed by atoms with E-state index in [0.29, 0.717) is 11.6 Å². The van der Waals surface area contributed by atoms with Gasteiger partial charge in [0, 0.05) is 21.1 Å². The standard InChI is InChI=1S/C14H19BrClNO/c1-4-7-17-11(3)13-6-5-12(15)8-14(13)18-9-10(2)16/h5-6,8,11,17H,2,4,7,9H2,1,3H3. The van der Waals surface area contributed by atoms with Crippen LogP contribution in [0.3, 0.4) is 0 Å². The molecule has 0 aliphatic rings. The summed E-state index contributed by atoms with van der Waals surface area (Å²) in [6, 6.07) is 6.28. The van der Waals surface area contributed by atoms with Crippen LogP contribution in [-0.4, -0.2) is 13.2 Å². The van der Waals surface area contributed by atoms with E-state index in [9.17, 15) is 0 Å². The smallest absolute Gasteiger partial charge is 0.125 e. The van der Waals surface area contributed by atoms with Crippen LogP contribution in [0.2, 0.25) is 0 Å². The molecule has 2 nitrogen and oxygen atoms in total. The Hall–Kier alpha value is -0.510. The minimum Gasteiger partial charge on any atom is -0.488 e. The van der Waals surface area contributed by atoms with Crippen molar-refractivity contribution in [3.05, 3.63) is 39.8 Å². The van der Waals surface area contributed by atoms with Crippen LogP contribution in [-0.2, 0) is 0 Å². The quantitative estimate of drug-likeness (QED) is 0.785. The number of ether oxygens (including phenoxy) is 1. The van der Waals surface area contributed by atoms with Crippen molar-refractivity contribution in [2.75, 3.05) is 13.2 Å². The maximum absolute atomic E-state index is 5.74. The van der Waals surface area contributed by atoms with E-state index in [2.05, 4.69) is 47.7 Å². The summed E-state index contributed by atoms with van der Waals surface area (Å²) >= 11 is 9.19. The van der Waals surface area contributed by atoms with E-state index in [1.54, 1.807) is 0 Å². The van der Waals surface area contributed by atoms with Crippen LogP contribution in [0.5, 0.6) is 5.75 Å². The second-order valence-corrected chi connectivity index (χ2v) is 5.61.